The molecule has 0 saturated carbocycles. The molecule has 0 bridgehead atoms. The van der Waals surface area contributed by atoms with E-state index in [1.54, 1.807) is 13.8 Å². The Morgan fingerprint density at radius 3 is 2.27 bits per heavy atom. The minimum Gasteiger partial charge on any atom is -0.481 e. The van der Waals surface area contributed by atoms with Gasteiger partial charge in [0.05, 0.1) is 5.92 Å². The third kappa shape index (κ3) is 1.20. The Labute approximate surface area is 64.2 Å². The van der Waals surface area contributed by atoms with Gasteiger partial charge in [-0.2, -0.15) is 0 Å². The van der Waals surface area contributed by atoms with Crippen LogP contribution in [0.4, 0.5) is 0 Å². The highest BCUT2D eigenvalue weighted by Gasteiger charge is 2.43. The number of rotatable bonds is 1. The number of cyclic esters (lactones) is 1. The van der Waals surface area contributed by atoms with Crippen LogP contribution in [0.25, 0.3) is 0 Å². The first-order chi connectivity index (χ1) is 5.04. The third-order valence-corrected chi connectivity index (χ3v) is 2.00. The first-order valence-electron chi connectivity index (χ1n) is 3.47. The summed E-state index contributed by atoms with van der Waals surface area (Å²) < 4.78 is 4.73. The summed E-state index contributed by atoms with van der Waals surface area (Å²) in [6.45, 7) is 3.17. The molecule has 1 saturated heterocycles. The second-order valence-electron chi connectivity index (χ2n) is 2.79. The van der Waals surface area contributed by atoms with Crippen LogP contribution in [0, 0.1) is 11.8 Å². The number of aliphatic carboxylic acids is 1. The lowest BCUT2D eigenvalue weighted by Crippen LogP contribution is -2.25. The van der Waals surface area contributed by atoms with E-state index < -0.39 is 29.9 Å². The van der Waals surface area contributed by atoms with Crippen LogP contribution < -0.4 is 0 Å². The Balaban J connectivity index is 2.79. The van der Waals surface area contributed by atoms with Gasteiger partial charge < -0.3 is 9.84 Å². The number of hydrogen-bond acceptors (Lipinski definition) is 3. The minimum absolute atomic E-state index is 0.412. The van der Waals surface area contributed by atoms with Crippen molar-refractivity contribution in [2.24, 2.45) is 11.8 Å². The highest BCUT2D eigenvalue weighted by Crippen LogP contribution is 2.27. The molecule has 0 spiro atoms. The van der Waals surface area contributed by atoms with Crippen molar-refractivity contribution in [1.82, 2.24) is 0 Å². The molecule has 1 fully saturated rings. The van der Waals surface area contributed by atoms with Gasteiger partial charge in [0.15, 0.2) is 0 Å². The Hall–Kier alpha value is -1.06. The molecular formula is C7H10O4. The van der Waals surface area contributed by atoms with Gasteiger partial charge in [0.25, 0.3) is 0 Å². The molecule has 0 amide bonds. The predicted molar refractivity (Wildman–Crippen MR) is 35.8 cm³/mol. The highest BCUT2D eigenvalue weighted by atomic mass is 16.6. The fourth-order valence-corrected chi connectivity index (χ4v) is 1.33. The lowest BCUT2D eigenvalue weighted by atomic mass is 9.93. The zero-order chi connectivity index (χ0) is 8.59. The molecule has 1 aliphatic rings. The van der Waals surface area contributed by atoms with E-state index in [2.05, 4.69) is 0 Å². The summed E-state index contributed by atoms with van der Waals surface area (Å²) in [6.07, 6.45) is -0.491. The van der Waals surface area contributed by atoms with Gasteiger partial charge in [0.2, 0.25) is 0 Å². The largest absolute Gasteiger partial charge is 0.481 e. The van der Waals surface area contributed by atoms with Gasteiger partial charge in [-0.25, -0.2) is 0 Å². The van der Waals surface area contributed by atoms with Crippen LogP contribution in [0.15, 0.2) is 0 Å². The minimum atomic E-state index is -0.962. The van der Waals surface area contributed by atoms with Crippen molar-refractivity contribution in [3.05, 3.63) is 0 Å². The Morgan fingerprint density at radius 2 is 2.09 bits per heavy atom. The van der Waals surface area contributed by atoms with Gasteiger partial charge in [0, 0.05) is 0 Å². The van der Waals surface area contributed by atoms with Crippen molar-refractivity contribution in [3.63, 3.8) is 0 Å². The van der Waals surface area contributed by atoms with Gasteiger partial charge in [-0.1, -0.05) is 6.92 Å². The fraction of sp³-hybridized carbons (Fsp3) is 0.714. The summed E-state index contributed by atoms with van der Waals surface area (Å²) in [7, 11) is 0. The molecule has 1 aliphatic heterocycles. The standard InChI is InChI=1S/C7H10O4/c1-3-5(6(8)9)4(2)11-7(3)10/h3-5H,1-2H3,(H,8,9)/t3-,4+,5+/m1/s1. The molecule has 0 aromatic rings. The Morgan fingerprint density at radius 1 is 1.55 bits per heavy atom. The summed E-state index contributed by atoms with van der Waals surface area (Å²) in [5, 5.41) is 8.64. The first kappa shape index (κ1) is 8.04. The maximum atomic E-state index is 10.8. The molecule has 3 atom stereocenters. The van der Waals surface area contributed by atoms with Gasteiger partial charge >= 0.3 is 11.9 Å². The summed E-state index contributed by atoms with van der Waals surface area (Å²) in [5.41, 5.74) is 0. The van der Waals surface area contributed by atoms with Crippen molar-refractivity contribution < 1.29 is 19.4 Å². The fourth-order valence-electron chi connectivity index (χ4n) is 1.33. The van der Waals surface area contributed by atoms with E-state index in [0.29, 0.717) is 0 Å². The molecule has 62 valence electrons. The first-order valence-corrected chi connectivity index (χ1v) is 3.47. The van der Waals surface area contributed by atoms with Gasteiger partial charge in [-0.15, -0.1) is 0 Å². The van der Waals surface area contributed by atoms with E-state index in [4.69, 9.17) is 9.84 Å². The van der Waals surface area contributed by atoms with Gasteiger partial charge in [-0.05, 0) is 6.92 Å². The van der Waals surface area contributed by atoms with Crippen LogP contribution in [0.3, 0.4) is 0 Å². The van der Waals surface area contributed by atoms with E-state index in [-0.39, 0.29) is 0 Å². The van der Waals surface area contributed by atoms with Crippen molar-refractivity contribution in [2.75, 3.05) is 0 Å². The van der Waals surface area contributed by atoms with E-state index in [0.717, 1.165) is 0 Å². The quantitative estimate of drug-likeness (QED) is 0.556. The van der Waals surface area contributed by atoms with Gasteiger partial charge in [0.1, 0.15) is 12.0 Å². The summed E-state index contributed by atoms with van der Waals surface area (Å²) in [4.78, 5) is 21.3. The summed E-state index contributed by atoms with van der Waals surface area (Å²) in [5.74, 6) is -2.56. The average Bonchev–Trinajstić information content (AvgIpc) is 2.07. The molecule has 4 heteroatoms. The number of carboxylic acids is 1. The lowest BCUT2D eigenvalue weighted by Gasteiger charge is -2.08. The van der Waals surface area contributed by atoms with E-state index in [1.165, 1.54) is 0 Å². The molecule has 1 N–H and O–H groups in total. The van der Waals surface area contributed by atoms with Crippen LogP contribution in [0.5, 0.6) is 0 Å². The van der Waals surface area contributed by atoms with Crippen LogP contribution >= 0.6 is 0 Å². The lowest BCUT2D eigenvalue weighted by molar-refractivity contribution is -0.144. The number of hydrogen-bond donors (Lipinski definition) is 1. The number of carbonyl (C=O) groups is 2. The smallest absolute Gasteiger partial charge is 0.311 e. The molecule has 0 radical (unpaired) electrons. The molecule has 1 heterocycles. The van der Waals surface area contributed by atoms with Crippen LogP contribution in [0.1, 0.15) is 13.8 Å². The topological polar surface area (TPSA) is 63.6 Å². The van der Waals surface area contributed by atoms with Crippen molar-refractivity contribution in [1.29, 1.82) is 0 Å². The zero-order valence-electron chi connectivity index (χ0n) is 6.40. The molecule has 11 heavy (non-hydrogen) atoms. The zero-order valence-corrected chi connectivity index (χ0v) is 6.40. The molecule has 0 unspecified atom stereocenters. The Kier molecular flexibility index (Phi) is 1.85. The Bertz CT molecular complexity index is 199. The predicted octanol–water partition coefficient (Wildman–Crippen LogP) is 0.269. The van der Waals surface area contributed by atoms with Crippen molar-refractivity contribution in [3.8, 4) is 0 Å². The van der Waals surface area contributed by atoms with Crippen LogP contribution in [-0.2, 0) is 14.3 Å². The molecular weight excluding hydrogens is 148 g/mol. The van der Waals surface area contributed by atoms with Crippen LogP contribution in [-0.4, -0.2) is 23.1 Å². The van der Waals surface area contributed by atoms with Crippen molar-refractivity contribution >= 4 is 11.9 Å². The molecule has 0 aromatic heterocycles. The molecule has 0 aliphatic carbocycles. The number of carboxylic acid groups (broad SMARTS) is 1. The van der Waals surface area contributed by atoms with Gasteiger partial charge in [-0.3, -0.25) is 9.59 Å². The van der Waals surface area contributed by atoms with E-state index in [1.807, 2.05) is 0 Å². The molecule has 1 rings (SSSR count). The monoisotopic (exact) mass is 158 g/mol. The number of esters is 1. The summed E-state index contributed by atoms with van der Waals surface area (Å²) >= 11 is 0. The average molecular weight is 158 g/mol. The maximum Gasteiger partial charge on any atom is 0.311 e. The normalized spacial score (nSPS) is 36.9. The molecule has 4 nitrogen and oxygen atoms in total. The highest BCUT2D eigenvalue weighted by molar-refractivity contribution is 5.84. The van der Waals surface area contributed by atoms with E-state index >= 15 is 0 Å². The summed E-state index contributed by atoms with van der Waals surface area (Å²) in [6, 6.07) is 0. The van der Waals surface area contributed by atoms with Crippen LogP contribution in [0.2, 0.25) is 0 Å². The third-order valence-electron chi connectivity index (χ3n) is 2.00. The van der Waals surface area contributed by atoms with E-state index in [9.17, 15) is 9.59 Å². The van der Waals surface area contributed by atoms with Crippen molar-refractivity contribution in [2.45, 2.75) is 20.0 Å². The molecule has 0 aromatic carbocycles. The maximum absolute atomic E-state index is 10.8. The number of ether oxygens (including phenoxy) is 1. The second-order valence-corrected chi connectivity index (χ2v) is 2.79. The number of carbonyl (C=O) groups excluding carboxylic acids is 1. The second kappa shape index (κ2) is 2.53. The SMILES string of the molecule is C[C@@H]1OC(=O)[C@H](C)[C@@H]1C(=O)O.